The van der Waals surface area contributed by atoms with Gasteiger partial charge in [0, 0.05) is 10.0 Å². The average molecular weight is 400 g/mol. The van der Waals surface area contributed by atoms with Crippen molar-refractivity contribution in [3.8, 4) is 11.5 Å². The third kappa shape index (κ3) is 3.04. The van der Waals surface area contributed by atoms with E-state index in [2.05, 4.69) is 31.9 Å². The van der Waals surface area contributed by atoms with Gasteiger partial charge in [-0.3, -0.25) is 4.79 Å². The minimum Gasteiger partial charge on any atom is -0.496 e. The van der Waals surface area contributed by atoms with E-state index < -0.39 is 0 Å². The molecule has 0 N–H and O–H groups in total. The number of hydrogen-bond acceptors (Lipinski definition) is 3. The van der Waals surface area contributed by atoms with Crippen LogP contribution in [0, 0.1) is 0 Å². The molecule has 0 aliphatic heterocycles. The van der Waals surface area contributed by atoms with Crippen LogP contribution >= 0.6 is 31.9 Å². The second kappa shape index (κ2) is 6.41. The molecule has 0 atom stereocenters. The molecule has 0 amide bonds. The Hall–Kier alpha value is -1.33. The molecule has 0 radical (unpaired) electrons. The molecule has 0 aliphatic rings. The molecule has 0 fully saturated rings. The van der Waals surface area contributed by atoms with Gasteiger partial charge in [0.25, 0.3) is 0 Å². The summed E-state index contributed by atoms with van der Waals surface area (Å²) in [4.78, 5) is 12.6. The molecule has 2 aromatic rings. The summed E-state index contributed by atoms with van der Waals surface area (Å²) in [5.41, 5.74) is 1.06. The average Bonchev–Trinajstić information content (AvgIpc) is 2.47. The lowest BCUT2D eigenvalue weighted by molar-refractivity contribution is 0.103. The fraction of sp³-hybridized carbons (Fsp3) is 0.133. The molecule has 0 unspecified atom stereocenters. The van der Waals surface area contributed by atoms with E-state index in [-0.39, 0.29) is 5.78 Å². The van der Waals surface area contributed by atoms with Crippen LogP contribution in [0.5, 0.6) is 11.5 Å². The van der Waals surface area contributed by atoms with Crippen molar-refractivity contribution >= 4 is 37.6 Å². The number of methoxy groups -OCH3 is 2. The normalized spacial score (nSPS) is 10.2. The van der Waals surface area contributed by atoms with Gasteiger partial charge in [-0.25, -0.2) is 0 Å². The molecule has 104 valence electrons. The molecule has 0 saturated heterocycles. The first-order valence-corrected chi connectivity index (χ1v) is 7.37. The first-order valence-electron chi connectivity index (χ1n) is 5.78. The van der Waals surface area contributed by atoms with Crippen LogP contribution in [-0.2, 0) is 0 Å². The van der Waals surface area contributed by atoms with E-state index in [0.717, 1.165) is 8.95 Å². The summed E-state index contributed by atoms with van der Waals surface area (Å²) in [6.45, 7) is 0. The molecule has 2 aromatic carbocycles. The van der Waals surface area contributed by atoms with Crippen LogP contribution in [0.1, 0.15) is 15.9 Å². The Labute approximate surface area is 134 Å². The predicted molar refractivity (Wildman–Crippen MR) is 84.8 cm³/mol. The van der Waals surface area contributed by atoms with Gasteiger partial charge in [-0.1, -0.05) is 15.9 Å². The van der Waals surface area contributed by atoms with Crippen LogP contribution in [0.15, 0.2) is 45.3 Å². The maximum Gasteiger partial charge on any atom is 0.196 e. The number of benzene rings is 2. The Kier molecular flexibility index (Phi) is 4.83. The van der Waals surface area contributed by atoms with Gasteiger partial charge in [-0.2, -0.15) is 0 Å². The number of rotatable bonds is 4. The standard InChI is InChI=1S/C15H12Br2O3/c1-19-13-8-12(17)14(20-2)7-11(13)15(18)9-3-5-10(16)6-4-9/h3-8H,1-2H3. The Morgan fingerprint density at radius 1 is 0.950 bits per heavy atom. The van der Waals surface area contributed by atoms with Crippen molar-refractivity contribution in [3.05, 3.63) is 56.5 Å². The monoisotopic (exact) mass is 398 g/mol. The Morgan fingerprint density at radius 2 is 1.55 bits per heavy atom. The highest BCUT2D eigenvalue weighted by molar-refractivity contribution is 9.10. The molecule has 0 spiro atoms. The molecule has 0 aromatic heterocycles. The topological polar surface area (TPSA) is 35.5 Å². The van der Waals surface area contributed by atoms with E-state index in [1.165, 1.54) is 7.11 Å². The fourth-order valence-electron chi connectivity index (χ4n) is 1.79. The van der Waals surface area contributed by atoms with Gasteiger partial charge in [-0.05, 0) is 52.3 Å². The zero-order valence-electron chi connectivity index (χ0n) is 10.9. The number of carbonyl (C=O) groups excluding carboxylic acids is 1. The lowest BCUT2D eigenvalue weighted by atomic mass is 10.0. The van der Waals surface area contributed by atoms with E-state index in [1.807, 2.05) is 12.1 Å². The van der Waals surface area contributed by atoms with Crippen molar-refractivity contribution in [2.24, 2.45) is 0 Å². The second-order valence-corrected chi connectivity index (χ2v) is 5.79. The van der Waals surface area contributed by atoms with Crippen molar-refractivity contribution in [2.75, 3.05) is 14.2 Å². The van der Waals surface area contributed by atoms with E-state index in [0.29, 0.717) is 22.6 Å². The molecule has 0 saturated carbocycles. The van der Waals surface area contributed by atoms with Crippen molar-refractivity contribution in [3.63, 3.8) is 0 Å². The Morgan fingerprint density at radius 3 is 2.10 bits per heavy atom. The highest BCUT2D eigenvalue weighted by atomic mass is 79.9. The number of hydrogen-bond donors (Lipinski definition) is 0. The van der Waals surface area contributed by atoms with Gasteiger partial charge < -0.3 is 9.47 Å². The minimum absolute atomic E-state index is 0.111. The first kappa shape index (κ1) is 15.1. The first-order chi connectivity index (χ1) is 9.56. The second-order valence-electron chi connectivity index (χ2n) is 4.02. The molecule has 0 bridgehead atoms. The summed E-state index contributed by atoms with van der Waals surface area (Å²) >= 11 is 6.72. The molecular weight excluding hydrogens is 388 g/mol. The maximum absolute atomic E-state index is 12.6. The van der Waals surface area contributed by atoms with Gasteiger partial charge in [0.15, 0.2) is 5.78 Å². The maximum atomic E-state index is 12.6. The fourth-order valence-corrected chi connectivity index (χ4v) is 2.54. The smallest absolute Gasteiger partial charge is 0.196 e. The lowest BCUT2D eigenvalue weighted by Gasteiger charge is -2.11. The molecule has 2 rings (SSSR count). The highest BCUT2D eigenvalue weighted by Crippen LogP contribution is 2.34. The van der Waals surface area contributed by atoms with Crippen LogP contribution in [-0.4, -0.2) is 20.0 Å². The number of ketones is 1. The summed E-state index contributed by atoms with van der Waals surface area (Å²) in [5, 5.41) is 0. The molecule has 0 heterocycles. The van der Waals surface area contributed by atoms with Gasteiger partial charge in [0.1, 0.15) is 11.5 Å². The highest BCUT2D eigenvalue weighted by Gasteiger charge is 2.17. The zero-order valence-corrected chi connectivity index (χ0v) is 14.1. The number of ether oxygens (including phenoxy) is 2. The summed E-state index contributed by atoms with van der Waals surface area (Å²) < 4.78 is 12.2. The van der Waals surface area contributed by atoms with Gasteiger partial charge in [0.05, 0.1) is 24.3 Å². The SMILES string of the molecule is COc1cc(C(=O)c2ccc(Br)cc2)c(OC)cc1Br. The summed E-state index contributed by atoms with van der Waals surface area (Å²) in [6, 6.07) is 10.6. The minimum atomic E-state index is -0.111. The number of halogens is 2. The van der Waals surface area contributed by atoms with E-state index in [9.17, 15) is 4.79 Å². The van der Waals surface area contributed by atoms with E-state index in [4.69, 9.17) is 9.47 Å². The van der Waals surface area contributed by atoms with Gasteiger partial charge in [0.2, 0.25) is 0 Å². The summed E-state index contributed by atoms with van der Waals surface area (Å²) in [7, 11) is 3.09. The zero-order chi connectivity index (χ0) is 14.7. The Bertz CT molecular complexity index is 636. The third-order valence-electron chi connectivity index (χ3n) is 2.82. The molecule has 20 heavy (non-hydrogen) atoms. The van der Waals surface area contributed by atoms with Crippen molar-refractivity contribution in [1.82, 2.24) is 0 Å². The lowest BCUT2D eigenvalue weighted by Crippen LogP contribution is -2.04. The van der Waals surface area contributed by atoms with Crippen LogP contribution in [0.3, 0.4) is 0 Å². The van der Waals surface area contributed by atoms with Crippen LogP contribution in [0.4, 0.5) is 0 Å². The van der Waals surface area contributed by atoms with Crippen molar-refractivity contribution < 1.29 is 14.3 Å². The van der Waals surface area contributed by atoms with Crippen molar-refractivity contribution in [2.45, 2.75) is 0 Å². The third-order valence-corrected chi connectivity index (χ3v) is 3.97. The van der Waals surface area contributed by atoms with Crippen LogP contribution in [0.2, 0.25) is 0 Å². The molecule has 5 heteroatoms. The van der Waals surface area contributed by atoms with Gasteiger partial charge in [-0.15, -0.1) is 0 Å². The Balaban J connectivity index is 2.50. The summed E-state index contributed by atoms with van der Waals surface area (Å²) in [5.74, 6) is 0.983. The van der Waals surface area contributed by atoms with E-state index in [1.54, 1.807) is 31.4 Å². The largest absolute Gasteiger partial charge is 0.496 e. The molecule has 0 aliphatic carbocycles. The van der Waals surface area contributed by atoms with E-state index >= 15 is 0 Å². The van der Waals surface area contributed by atoms with Crippen molar-refractivity contribution in [1.29, 1.82) is 0 Å². The van der Waals surface area contributed by atoms with Crippen LogP contribution < -0.4 is 9.47 Å². The number of carbonyl (C=O) groups is 1. The molecular formula is C15H12Br2O3. The quantitative estimate of drug-likeness (QED) is 0.712. The van der Waals surface area contributed by atoms with Gasteiger partial charge >= 0.3 is 0 Å². The molecule has 3 nitrogen and oxygen atoms in total. The summed E-state index contributed by atoms with van der Waals surface area (Å²) in [6.07, 6.45) is 0. The van der Waals surface area contributed by atoms with Crippen LogP contribution in [0.25, 0.3) is 0 Å². The predicted octanol–water partition coefficient (Wildman–Crippen LogP) is 4.46.